The van der Waals surface area contributed by atoms with Gasteiger partial charge in [0.25, 0.3) is 5.91 Å². The van der Waals surface area contributed by atoms with Gasteiger partial charge in [0, 0.05) is 17.3 Å². The monoisotopic (exact) mass is 400 g/mol. The number of amides is 2. The maximum absolute atomic E-state index is 12.4. The second-order valence-electron chi connectivity index (χ2n) is 7.08. The number of carbonyl (C=O) groups excluding carboxylic acids is 2. The molecule has 1 aliphatic rings. The van der Waals surface area contributed by atoms with E-state index in [-0.39, 0.29) is 17.7 Å². The fourth-order valence-electron chi connectivity index (χ4n) is 3.31. The van der Waals surface area contributed by atoms with E-state index >= 15 is 0 Å². The Labute approximate surface area is 170 Å². The molecule has 1 fully saturated rings. The molecule has 5 nitrogen and oxygen atoms in total. The highest BCUT2D eigenvalue weighted by molar-refractivity contribution is 6.32. The Morgan fingerprint density at radius 1 is 1.00 bits per heavy atom. The molecule has 1 saturated carbocycles. The van der Waals surface area contributed by atoms with Crippen molar-refractivity contribution in [3.63, 3.8) is 0 Å². The van der Waals surface area contributed by atoms with E-state index in [0.717, 1.165) is 25.7 Å². The summed E-state index contributed by atoms with van der Waals surface area (Å²) >= 11 is 6.07. The van der Waals surface area contributed by atoms with E-state index in [9.17, 15) is 9.59 Å². The summed E-state index contributed by atoms with van der Waals surface area (Å²) in [5.41, 5.74) is 1.27. The highest BCUT2D eigenvalue weighted by Crippen LogP contribution is 2.26. The van der Waals surface area contributed by atoms with Gasteiger partial charge in [-0.2, -0.15) is 0 Å². The minimum Gasteiger partial charge on any atom is -0.479 e. The number of rotatable bonds is 6. The second kappa shape index (κ2) is 9.60. The van der Waals surface area contributed by atoms with Gasteiger partial charge in [-0.3, -0.25) is 9.59 Å². The molecule has 2 aromatic rings. The normalized spacial score (nSPS) is 15.5. The molecule has 3 rings (SSSR count). The quantitative estimate of drug-likeness (QED) is 0.694. The number of halogens is 1. The van der Waals surface area contributed by atoms with Crippen LogP contribution < -0.4 is 15.4 Å². The number of ether oxygens (including phenoxy) is 1. The van der Waals surface area contributed by atoms with Crippen LogP contribution in [0.5, 0.6) is 5.75 Å². The van der Waals surface area contributed by atoms with E-state index in [1.807, 2.05) is 6.07 Å². The lowest BCUT2D eigenvalue weighted by molar-refractivity contribution is -0.122. The maximum Gasteiger partial charge on any atom is 0.265 e. The Kier molecular flexibility index (Phi) is 6.93. The van der Waals surface area contributed by atoms with Crippen LogP contribution in [0.1, 0.15) is 39.0 Å². The van der Waals surface area contributed by atoms with Crippen LogP contribution in [0.15, 0.2) is 48.5 Å². The second-order valence-corrected chi connectivity index (χ2v) is 7.49. The van der Waals surface area contributed by atoms with Gasteiger partial charge in [-0.05, 0) is 50.1 Å². The number of para-hydroxylation sites is 1. The van der Waals surface area contributed by atoms with Gasteiger partial charge in [0.2, 0.25) is 5.91 Å². The van der Waals surface area contributed by atoms with Gasteiger partial charge >= 0.3 is 0 Å². The molecule has 0 heterocycles. The first-order valence-electron chi connectivity index (χ1n) is 9.66. The number of hydrogen-bond acceptors (Lipinski definition) is 3. The van der Waals surface area contributed by atoms with Crippen molar-refractivity contribution in [3.8, 4) is 5.75 Å². The number of benzene rings is 2. The summed E-state index contributed by atoms with van der Waals surface area (Å²) in [5, 5.41) is 6.23. The zero-order valence-electron chi connectivity index (χ0n) is 15.9. The summed E-state index contributed by atoms with van der Waals surface area (Å²) in [4.78, 5) is 24.9. The Bertz CT molecular complexity index is 834. The SMILES string of the molecule is CC(Oc1ccccc1Cl)C(=O)Nc1cccc(NC(=O)C2CCCCC2)c1. The van der Waals surface area contributed by atoms with Crippen molar-refractivity contribution in [1.82, 2.24) is 0 Å². The van der Waals surface area contributed by atoms with Gasteiger partial charge in [-0.15, -0.1) is 0 Å². The molecule has 2 N–H and O–H groups in total. The van der Waals surface area contributed by atoms with Crippen LogP contribution in [0, 0.1) is 5.92 Å². The van der Waals surface area contributed by atoms with E-state index in [0.29, 0.717) is 22.1 Å². The third kappa shape index (κ3) is 5.49. The number of anilines is 2. The zero-order chi connectivity index (χ0) is 19.9. The summed E-state index contributed by atoms with van der Waals surface area (Å²) in [6, 6.07) is 14.2. The van der Waals surface area contributed by atoms with Crippen LogP contribution >= 0.6 is 11.6 Å². The van der Waals surface area contributed by atoms with Crippen LogP contribution in [0.2, 0.25) is 5.02 Å². The summed E-state index contributed by atoms with van der Waals surface area (Å²) in [5.74, 6) is 0.297. The Balaban J connectivity index is 1.58. The van der Waals surface area contributed by atoms with Crippen molar-refractivity contribution in [1.29, 1.82) is 0 Å². The highest BCUT2D eigenvalue weighted by atomic mass is 35.5. The van der Waals surface area contributed by atoms with Crippen molar-refractivity contribution < 1.29 is 14.3 Å². The molecule has 2 aromatic carbocycles. The molecule has 0 saturated heterocycles. The minimum atomic E-state index is -0.722. The first kappa shape index (κ1) is 20.2. The molecule has 6 heteroatoms. The Morgan fingerprint density at radius 2 is 1.68 bits per heavy atom. The fraction of sp³-hybridized carbons (Fsp3) is 0.364. The van der Waals surface area contributed by atoms with E-state index in [4.69, 9.17) is 16.3 Å². The summed E-state index contributed by atoms with van der Waals surface area (Å²) in [6.45, 7) is 1.66. The molecule has 28 heavy (non-hydrogen) atoms. The average Bonchev–Trinajstić information content (AvgIpc) is 2.70. The molecule has 148 valence electrons. The molecule has 0 aliphatic heterocycles. The molecule has 0 bridgehead atoms. The number of hydrogen-bond donors (Lipinski definition) is 2. The topological polar surface area (TPSA) is 67.4 Å². The molecule has 0 aromatic heterocycles. The molecule has 0 spiro atoms. The van der Waals surface area contributed by atoms with Crippen LogP contribution in [0.25, 0.3) is 0 Å². The number of nitrogens with one attached hydrogen (secondary N) is 2. The predicted octanol–water partition coefficient (Wildman–Crippen LogP) is 5.26. The smallest absolute Gasteiger partial charge is 0.265 e. The molecule has 1 unspecified atom stereocenters. The van der Waals surface area contributed by atoms with E-state index in [1.54, 1.807) is 49.4 Å². The van der Waals surface area contributed by atoms with E-state index in [2.05, 4.69) is 10.6 Å². The molecule has 1 aliphatic carbocycles. The zero-order valence-corrected chi connectivity index (χ0v) is 16.7. The van der Waals surface area contributed by atoms with Crippen LogP contribution in [0.3, 0.4) is 0 Å². The maximum atomic E-state index is 12.4. The van der Waals surface area contributed by atoms with Gasteiger partial charge in [-0.25, -0.2) is 0 Å². The third-order valence-electron chi connectivity index (χ3n) is 4.88. The van der Waals surface area contributed by atoms with Crippen LogP contribution in [0.4, 0.5) is 11.4 Å². The van der Waals surface area contributed by atoms with Crippen molar-refractivity contribution in [2.45, 2.75) is 45.1 Å². The lowest BCUT2D eigenvalue weighted by atomic mass is 9.88. The molecule has 2 amide bonds. The molecule has 0 radical (unpaired) electrons. The lowest BCUT2D eigenvalue weighted by Gasteiger charge is -2.21. The van der Waals surface area contributed by atoms with Gasteiger partial charge in [0.1, 0.15) is 5.75 Å². The van der Waals surface area contributed by atoms with E-state index < -0.39 is 6.10 Å². The van der Waals surface area contributed by atoms with Crippen LogP contribution in [-0.2, 0) is 9.59 Å². The van der Waals surface area contributed by atoms with Crippen molar-refractivity contribution in [3.05, 3.63) is 53.6 Å². The van der Waals surface area contributed by atoms with E-state index in [1.165, 1.54) is 6.42 Å². The molecule has 1 atom stereocenters. The average molecular weight is 401 g/mol. The van der Waals surface area contributed by atoms with Gasteiger partial charge in [-0.1, -0.05) is 49.1 Å². The molecular weight excluding hydrogens is 376 g/mol. The first-order chi connectivity index (χ1) is 13.5. The Morgan fingerprint density at radius 3 is 2.39 bits per heavy atom. The summed E-state index contributed by atoms with van der Waals surface area (Å²) in [6.07, 6.45) is 4.59. The van der Waals surface area contributed by atoms with Gasteiger partial charge in [0.15, 0.2) is 6.10 Å². The summed E-state index contributed by atoms with van der Waals surface area (Å²) in [7, 11) is 0. The molecular formula is C22H25ClN2O3. The standard InChI is InChI=1S/C22H25ClN2O3/c1-15(28-20-13-6-5-12-19(20)23)21(26)24-17-10-7-11-18(14-17)25-22(27)16-8-3-2-4-9-16/h5-7,10-16H,2-4,8-9H2,1H3,(H,24,26)(H,25,27). The predicted molar refractivity (Wildman–Crippen MR) is 112 cm³/mol. The Hall–Kier alpha value is -2.53. The highest BCUT2D eigenvalue weighted by Gasteiger charge is 2.21. The minimum absolute atomic E-state index is 0.0543. The van der Waals surface area contributed by atoms with Crippen molar-refractivity contribution in [2.24, 2.45) is 5.92 Å². The van der Waals surface area contributed by atoms with Crippen LogP contribution in [-0.4, -0.2) is 17.9 Å². The first-order valence-corrected chi connectivity index (χ1v) is 10.0. The fourth-order valence-corrected chi connectivity index (χ4v) is 3.49. The van der Waals surface area contributed by atoms with Gasteiger partial charge in [0.05, 0.1) is 5.02 Å². The van der Waals surface area contributed by atoms with Crippen molar-refractivity contribution >= 4 is 34.8 Å². The largest absolute Gasteiger partial charge is 0.479 e. The third-order valence-corrected chi connectivity index (χ3v) is 5.20. The van der Waals surface area contributed by atoms with Crippen molar-refractivity contribution in [2.75, 3.05) is 10.6 Å². The summed E-state index contributed by atoms with van der Waals surface area (Å²) < 4.78 is 5.64. The number of carbonyl (C=O) groups is 2. The van der Waals surface area contributed by atoms with Gasteiger partial charge < -0.3 is 15.4 Å². The lowest BCUT2D eigenvalue weighted by Crippen LogP contribution is -2.30.